The summed E-state index contributed by atoms with van der Waals surface area (Å²) < 4.78 is 11.8. The summed E-state index contributed by atoms with van der Waals surface area (Å²) in [4.78, 5) is 18.5. The van der Waals surface area contributed by atoms with Crippen molar-refractivity contribution in [3.05, 3.63) is 35.5 Å². The Morgan fingerprint density at radius 1 is 1.42 bits per heavy atom. The van der Waals surface area contributed by atoms with E-state index in [1.54, 1.807) is 28.8 Å². The molecule has 24 heavy (non-hydrogen) atoms. The number of amides is 1. The molecule has 1 amide bonds. The van der Waals surface area contributed by atoms with E-state index in [0.29, 0.717) is 29.3 Å². The smallest absolute Gasteiger partial charge is 0.254 e. The predicted octanol–water partition coefficient (Wildman–Crippen LogP) is 1.16. The molecular weight excluding hydrogens is 312 g/mol. The molecule has 0 atom stereocenters. The lowest BCUT2D eigenvalue weighted by Crippen LogP contribution is -2.30. The average Bonchev–Trinajstić information content (AvgIpc) is 3.19. The van der Waals surface area contributed by atoms with Crippen LogP contribution in [0.25, 0.3) is 11.0 Å². The number of carbonyl (C=O) groups excluding carboxylic acids is 1. The molecular formula is C15H18N6O3. The third-order valence-electron chi connectivity index (χ3n) is 3.64. The van der Waals surface area contributed by atoms with Crippen LogP contribution in [0.15, 0.2) is 22.7 Å². The highest BCUT2D eigenvalue weighted by Crippen LogP contribution is 2.15. The van der Waals surface area contributed by atoms with Crippen LogP contribution in [0.3, 0.4) is 0 Å². The zero-order valence-electron chi connectivity index (χ0n) is 13.8. The number of aromatic nitrogens is 5. The number of ether oxygens (including phenoxy) is 1. The van der Waals surface area contributed by atoms with Gasteiger partial charge in [-0.15, -0.1) is 5.10 Å². The Morgan fingerprint density at radius 3 is 3.00 bits per heavy atom. The molecule has 0 fully saturated rings. The molecule has 0 saturated carbocycles. The van der Waals surface area contributed by atoms with Crippen molar-refractivity contribution in [3.63, 3.8) is 0 Å². The highest BCUT2D eigenvalue weighted by atomic mass is 16.5. The van der Waals surface area contributed by atoms with Crippen LogP contribution in [0.4, 0.5) is 0 Å². The van der Waals surface area contributed by atoms with E-state index in [0.717, 1.165) is 5.52 Å². The minimum atomic E-state index is -0.128. The zero-order valence-corrected chi connectivity index (χ0v) is 13.8. The van der Waals surface area contributed by atoms with Crippen molar-refractivity contribution in [1.29, 1.82) is 0 Å². The van der Waals surface area contributed by atoms with Gasteiger partial charge in [0.15, 0.2) is 5.82 Å². The lowest BCUT2D eigenvalue weighted by molar-refractivity contribution is 0.0734. The fraction of sp³-hybridized carbons (Fsp3) is 0.400. The Labute approximate surface area is 138 Å². The van der Waals surface area contributed by atoms with Crippen LogP contribution in [0.1, 0.15) is 29.0 Å². The van der Waals surface area contributed by atoms with E-state index in [1.165, 1.54) is 0 Å². The maximum atomic E-state index is 12.7. The van der Waals surface area contributed by atoms with Gasteiger partial charge in [0.1, 0.15) is 18.7 Å². The summed E-state index contributed by atoms with van der Waals surface area (Å²) in [6.45, 7) is 2.92. The van der Waals surface area contributed by atoms with Crippen LogP contribution in [0.2, 0.25) is 0 Å². The Bertz CT molecular complexity index is 856. The quantitative estimate of drug-likeness (QED) is 0.668. The third kappa shape index (κ3) is 3.11. The van der Waals surface area contributed by atoms with E-state index in [-0.39, 0.29) is 19.1 Å². The van der Waals surface area contributed by atoms with Crippen LogP contribution >= 0.6 is 0 Å². The monoisotopic (exact) mass is 330 g/mol. The Hall–Kier alpha value is -2.81. The van der Waals surface area contributed by atoms with Gasteiger partial charge in [-0.25, -0.2) is 4.68 Å². The predicted molar refractivity (Wildman–Crippen MR) is 83.9 cm³/mol. The van der Waals surface area contributed by atoms with E-state index in [2.05, 4.69) is 20.5 Å². The summed E-state index contributed by atoms with van der Waals surface area (Å²) in [7, 11) is 3.36. The van der Waals surface area contributed by atoms with E-state index in [4.69, 9.17) is 9.26 Å². The van der Waals surface area contributed by atoms with Gasteiger partial charge in [-0.2, -0.15) is 4.98 Å². The molecule has 0 aliphatic heterocycles. The first-order valence-corrected chi connectivity index (χ1v) is 7.51. The molecule has 0 bridgehead atoms. The summed E-state index contributed by atoms with van der Waals surface area (Å²) in [6.07, 6.45) is 0. The summed E-state index contributed by atoms with van der Waals surface area (Å²) in [5.41, 5.74) is 2.09. The van der Waals surface area contributed by atoms with Crippen molar-refractivity contribution in [1.82, 2.24) is 30.0 Å². The number of hydrogen-bond acceptors (Lipinski definition) is 7. The van der Waals surface area contributed by atoms with E-state index < -0.39 is 0 Å². The fourth-order valence-electron chi connectivity index (χ4n) is 2.39. The Morgan fingerprint density at radius 2 is 2.25 bits per heavy atom. The van der Waals surface area contributed by atoms with Gasteiger partial charge in [0.05, 0.1) is 5.52 Å². The SMILES string of the molecule is CCN(Cc1nc(COC)no1)C(=O)c1ccc2c(c1)nnn2C. The number of rotatable bonds is 6. The normalized spacial score (nSPS) is 11.1. The van der Waals surface area contributed by atoms with E-state index >= 15 is 0 Å². The molecule has 126 valence electrons. The van der Waals surface area contributed by atoms with Crippen LogP contribution < -0.4 is 0 Å². The molecule has 0 radical (unpaired) electrons. The van der Waals surface area contributed by atoms with Crippen LogP contribution in [-0.4, -0.2) is 49.6 Å². The highest BCUT2D eigenvalue weighted by Gasteiger charge is 2.19. The number of fused-ring (bicyclic) bond motifs is 1. The van der Waals surface area contributed by atoms with Crippen LogP contribution in [0, 0.1) is 0 Å². The van der Waals surface area contributed by atoms with E-state index in [9.17, 15) is 4.79 Å². The molecule has 0 aliphatic rings. The van der Waals surface area contributed by atoms with Crippen LogP contribution in [0.5, 0.6) is 0 Å². The second kappa shape index (κ2) is 6.75. The molecule has 0 N–H and O–H groups in total. The molecule has 0 unspecified atom stereocenters. The second-order valence-corrected chi connectivity index (χ2v) is 5.27. The Kier molecular flexibility index (Phi) is 4.52. The number of nitrogens with zero attached hydrogens (tertiary/aromatic N) is 6. The number of aryl methyl sites for hydroxylation is 1. The molecule has 3 aromatic rings. The molecule has 2 heterocycles. The van der Waals surface area contributed by atoms with Crippen molar-refractivity contribution in [2.24, 2.45) is 7.05 Å². The first kappa shape index (κ1) is 16.1. The van der Waals surface area contributed by atoms with Gasteiger partial charge in [0, 0.05) is 26.3 Å². The molecule has 9 nitrogen and oxygen atoms in total. The summed E-state index contributed by atoms with van der Waals surface area (Å²) in [6, 6.07) is 5.33. The summed E-state index contributed by atoms with van der Waals surface area (Å²) in [5.74, 6) is 0.700. The molecule has 0 spiro atoms. The van der Waals surface area contributed by atoms with Crippen molar-refractivity contribution in [3.8, 4) is 0 Å². The van der Waals surface area contributed by atoms with Gasteiger partial charge in [0.25, 0.3) is 5.91 Å². The lowest BCUT2D eigenvalue weighted by Gasteiger charge is -2.18. The fourth-order valence-corrected chi connectivity index (χ4v) is 2.39. The van der Waals surface area contributed by atoms with Gasteiger partial charge in [0.2, 0.25) is 5.89 Å². The van der Waals surface area contributed by atoms with Gasteiger partial charge in [-0.3, -0.25) is 4.79 Å². The molecule has 2 aromatic heterocycles. The lowest BCUT2D eigenvalue weighted by atomic mass is 10.1. The zero-order chi connectivity index (χ0) is 17.1. The highest BCUT2D eigenvalue weighted by molar-refractivity contribution is 5.97. The average molecular weight is 330 g/mol. The number of hydrogen-bond donors (Lipinski definition) is 0. The number of benzene rings is 1. The van der Waals surface area contributed by atoms with Gasteiger partial charge in [-0.05, 0) is 25.1 Å². The van der Waals surface area contributed by atoms with Gasteiger partial charge < -0.3 is 14.2 Å². The topological polar surface area (TPSA) is 99.2 Å². The second-order valence-electron chi connectivity index (χ2n) is 5.27. The Balaban J connectivity index is 1.78. The molecule has 9 heteroatoms. The maximum Gasteiger partial charge on any atom is 0.254 e. The summed E-state index contributed by atoms with van der Waals surface area (Å²) >= 11 is 0. The van der Waals surface area contributed by atoms with Crippen molar-refractivity contribution in [2.75, 3.05) is 13.7 Å². The molecule has 3 rings (SSSR count). The maximum absolute atomic E-state index is 12.7. The third-order valence-corrected chi connectivity index (χ3v) is 3.64. The van der Waals surface area contributed by atoms with Crippen molar-refractivity contribution < 1.29 is 14.1 Å². The standard InChI is InChI=1S/C15H18N6O3/c1-4-21(8-14-16-13(9-23-3)18-24-14)15(22)10-5-6-12-11(7-10)17-19-20(12)2/h5-7H,4,8-9H2,1-3H3. The molecule has 0 saturated heterocycles. The van der Waals surface area contributed by atoms with Crippen molar-refractivity contribution in [2.45, 2.75) is 20.1 Å². The molecule has 1 aromatic carbocycles. The number of carbonyl (C=O) groups is 1. The van der Waals surface area contributed by atoms with Gasteiger partial charge >= 0.3 is 0 Å². The largest absolute Gasteiger partial charge is 0.377 e. The number of methoxy groups -OCH3 is 1. The first-order valence-electron chi connectivity index (χ1n) is 7.51. The van der Waals surface area contributed by atoms with Crippen molar-refractivity contribution >= 4 is 16.9 Å². The first-order chi connectivity index (χ1) is 11.6. The van der Waals surface area contributed by atoms with Crippen LogP contribution in [-0.2, 0) is 24.9 Å². The minimum absolute atomic E-state index is 0.128. The summed E-state index contributed by atoms with van der Waals surface area (Å²) in [5, 5.41) is 11.8. The van der Waals surface area contributed by atoms with Gasteiger partial charge in [-0.1, -0.05) is 10.4 Å². The molecule has 0 aliphatic carbocycles. The minimum Gasteiger partial charge on any atom is -0.377 e. The van der Waals surface area contributed by atoms with E-state index in [1.807, 2.05) is 20.0 Å².